The maximum atomic E-state index is 12.8. The highest BCUT2D eigenvalue weighted by molar-refractivity contribution is 7.79. The van der Waals surface area contributed by atoms with Crippen molar-refractivity contribution in [2.75, 3.05) is 0 Å². The van der Waals surface area contributed by atoms with E-state index in [9.17, 15) is 8.60 Å². The van der Waals surface area contributed by atoms with Crippen LogP contribution in [0.3, 0.4) is 0 Å². The summed E-state index contributed by atoms with van der Waals surface area (Å²) in [6.45, 7) is 0. The molecule has 0 radical (unpaired) electrons. The molecule has 0 saturated carbocycles. The molecule has 14 heavy (non-hydrogen) atoms. The third-order valence-electron chi connectivity index (χ3n) is 1.82. The molecule has 1 atom stereocenters. The van der Waals surface area contributed by atoms with Crippen LogP contribution in [0.25, 0.3) is 10.9 Å². The molecule has 0 aliphatic rings. The molecule has 3 nitrogen and oxygen atoms in total. The largest absolute Gasteiger partial charge is 0.302 e. The molecule has 72 valence electrons. The van der Waals surface area contributed by atoms with E-state index in [0.29, 0.717) is 10.9 Å². The van der Waals surface area contributed by atoms with Gasteiger partial charge in [0, 0.05) is 11.6 Å². The number of pyridine rings is 1. The van der Waals surface area contributed by atoms with Crippen molar-refractivity contribution in [2.45, 2.75) is 4.90 Å². The van der Waals surface area contributed by atoms with Crippen molar-refractivity contribution in [1.29, 1.82) is 0 Å². The molecule has 1 unspecified atom stereocenters. The van der Waals surface area contributed by atoms with Crippen LogP contribution in [0.4, 0.5) is 4.39 Å². The number of fused-ring (bicyclic) bond motifs is 1. The first-order chi connectivity index (χ1) is 6.66. The summed E-state index contributed by atoms with van der Waals surface area (Å²) in [5.74, 6) is -0.389. The number of hydrogen-bond acceptors (Lipinski definition) is 2. The Bertz CT molecular complexity index is 515. The lowest BCUT2D eigenvalue weighted by atomic mass is 10.2. The smallest absolute Gasteiger partial charge is 0.188 e. The molecule has 0 bridgehead atoms. The molecule has 5 heteroatoms. The van der Waals surface area contributed by atoms with E-state index in [2.05, 4.69) is 4.98 Å². The van der Waals surface area contributed by atoms with Gasteiger partial charge in [0.05, 0.1) is 10.4 Å². The second kappa shape index (κ2) is 3.43. The zero-order chi connectivity index (χ0) is 10.1. The lowest BCUT2D eigenvalue weighted by molar-refractivity contribution is 0.564. The Morgan fingerprint density at radius 1 is 1.36 bits per heavy atom. The standard InChI is InChI=1S/C9H6FNO2S/c10-7-1-2-9-6(3-7)4-8(5-11-9)14(12)13/h1-5H,(H,12,13). The van der Waals surface area contributed by atoms with Crippen LogP contribution < -0.4 is 0 Å². The van der Waals surface area contributed by atoms with Gasteiger partial charge >= 0.3 is 0 Å². The van der Waals surface area contributed by atoms with E-state index in [-0.39, 0.29) is 10.7 Å². The van der Waals surface area contributed by atoms with Gasteiger partial charge in [0.15, 0.2) is 11.1 Å². The summed E-state index contributed by atoms with van der Waals surface area (Å²) < 4.78 is 32.3. The van der Waals surface area contributed by atoms with Crippen LogP contribution in [0.1, 0.15) is 0 Å². The molecule has 2 aromatic rings. The number of halogens is 1. The molecular weight excluding hydrogens is 205 g/mol. The zero-order valence-electron chi connectivity index (χ0n) is 6.98. The third kappa shape index (κ3) is 1.64. The fraction of sp³-hybridized carbons (Fsp3) is 0. The SMILES string of the molecule is O=S(O)c1cnc2ccc(F)cc2c1. The highest BCUT2D eigenvalue weighted by atomic mass is 32.2. The van der Waals surface area contributed by atoms with Crippen molar-refractivity contribution in [3.63, 3.8) is 0 Å². The molecule has 2 rings (SSSR count). The topological polar surface area (TPSA) is 50.2 Å². The molecule has 0 fully saturated rings. The number of aromatic nitrogens is 1. The minimum absolute atomic E-state index is 0.170. The Morgan fingerprint density at radius 3 is 2.86 bits per heavy atom. The number of hydrogen-bond donors (Lipinski definition) is 1. The van der Waals surface area contributed by atoms with Gasteiger partial charge in [0.1, 0.15) is 5.82 Å². The van der Waals surface area contributed by atoms with Crippen LogP contribution in [-0.4, -0.2) is 13.7 Å². The fourth-order valence-electron chi connectivity index (χ4n) is 1.18. The Morgan fingerprint density at radius 2 is 2.14 bits per heavy atom. The van der Waals surface area contributed by atoms with Crippen LogP contribution in [-0.2, 0) is 11.1 Å². The Kier molecular flexibility index (Phi) is 2.26. The summed E-state index contributed by atoms with van der Waals surface area (Å²) in [6.07, 6.45) is 1.30. The maximum absolute atomic E-state index is 12.8. The predicted molar refractivity (Wildman–Crippen MR) is 50.7 cm³/mol. The average molecular weight is 211 g/mol. The maximum Gasteiger partial charge on any atom is 0.188 e. The van der Waals surface area contributed by atoms with Crippen LogP contribution in [0.5, 0.6) is 0 Å². The summed E-state index contributed by atoms with van der Waals surface area (Å²) in [4.78, 5) is 4.09. The van der Waals surface area contributed by atoms with Crippen molar-refractivity contribution in [1.82, 2.24) is 4.98 Å². The second-order valence-electron chi connectivity index (χ2n) is 2.76. The minimum Gasteiger partial charge on any atom is -0.302 e. The van der Waals surface area contributed by atoms with Crippen LogP contribution >= 0.6 is 0 Å². The molecule has 0 saturated heterocycles. The molecule has 1 aromatic carbocycles. The van der Waals surface area contributed by atoms with Crippen LogP contribution in [0.2, 0.25) is 0 Å². The van der Waals surface area contributed by atoms with E-state index < -0.39 is 11.1 Å². The molecule has 0 aliphatic heterocycles. The molecule has 0 amide bonds. The Hall–Kier alpha value is -1.33. The summed E-state index contributed by atoms with van der Waals surface area (Å²) in [5, 5.41) is 0.518. The fourth-order valence-corrected chi connectivity index (χ4v) is 1.55. The average Bonchev–Trinajstić information content (AvgIpc) is 2.16. The van der Waals surface area contributed by atoms with Crippen molar-refractivity contribution in [3.8, 4) is 0 Å². The van der Waals surface area contributed by atoms with E-state index in [1.807, 2.05) is 0 Å². The summed E-state index contributed by atoms with van der Waals surface area (Å²) in [7, 11) is 0. The van der Waals surface area contributed by atoms with E-state index in [0.717, 1.165) is 0 Å². The molecule has 1 aromatic heterocycles. The van der Waals surface area contributed by atoms with Gasteiger partial charge in [0.25, 0.3) is 0 Å². The first-order valence-corrected chi connectivity index (χ1v) is 4.93. The van der Waals surface area contributed by atoms with E-state index in [1.54, 1.807) is 0 Å². The van der Waals surface area contributed by atoms with E-state index >= 15 is 0 Å². The normalized spacial score (nSPS) is 13.0. The highest BCUT2D eigenvalue weighted by Gasteiger charge is 2.03. The van der Waals surface area contributed by atoms with Gasteiger partial charge in [0.2, 0.25) is 0 Å². The zero-order valence-corrected chi connectivity index (χ0v) is 7.79. The molecule has 1 N–H and O–H groups in total. The number of nitrogens with zero attached hydrogens (tertiary/aromatic N) is 1. The van der Waals surface area contributed by atoms with Crippen molar-refractivity contribution < 1.29 is 13.2 Å². The third-order valence-corrected chi connectivity index (χ3v) is 2.45. The van der Waals surface area contributed by atoms with Gasteiger partial charge < -0.3 is 4.55 Å². The Balaban J connectivity index is 2.69. The highest BCUT2D eigenvalue weighted by Crippen LogP contribution is 2.16. The lowest BCUT2D eigenvalue weighted by Crippen LogP contribution is -1.90. The lowest BCUT2D eigenvalue weighted by Gasteiger charge is -1.98. The molecule has 1 heterocycles. The summed E-state index contributed by atoms with van der Waals surface area (Å²) >= 11 is -2.08. The minimum atomic E-state index is -2.08. The van der Waals surface area contributed by atoms with E-state index in [1.165, 1.54) is 30.5 Å². The van der Waals surface area contributed by atoms with Gasteiger partial charge in [-0.05, 0) is 24.3 Å². The predicted octanol–water partition coefficient (Wildman–Crippen LogP) is 1.95. The quantitative estimate of drug-likeness (QED) is 0.733. The number of rotatable bonds is 1. The van der Waals surface area contributed by atoms with Gasteiger partial charge in [-0.3, -0.25) is 4.98 Å². The summed E-state index contributed by atoms with van der Waals surface area (Å²) in [6, 6.07) is 5.54. The van der Waals surface area contributed by atoms with Crippen LogP contribution in [0, 0.1) is 5.82 Å². The van der Waals surface area contributed by atoms with Crippen LogP contribution in [0.15, 0.2) is 35.4 Å². The monoisotopic (exact) mass is 211 g/mol. The Labute approximate surface area is 81.9 Å². The van der Waals surface area contributed by atoms with Crippen molar-refractivity contribution >= 4 is 22.0 Å². The van der Waals surface area contributed by atoms with Gasteiger partial charge in [-0.1, -0.05) is 0 Å². The van der Waals surface area contributed by atoms with Gasteiger partial charge in [-0.25, -0.2) is 8.60 Å². The molecule has 0 spiro atoms. The van der Waals surface area contributed by atoms with Gasteiger partial charge in [-0.2, -0.15) is 0 Å². The van der Waals surface area contributed by atoms with Crippen molar-refractivity contribution in [2.24, 2.45) is 0 Å². The molecular formula is C9H6FNO2S. The van der Waals surface area contributed by atoms with Gasteiger partial charge in [-0.15, -0.1) is 0 Å². The van der Waals surface area contributed by atoms with E-state index in [4.69, 9.17) is 4.55 Å². The second-order valence-corrected chi connectivity index (χ2v) is 3.73. The first-order valence-electron chi connectivity index (χ1n) is 3.83. The summed E-state index contributed by atoms with van der Waals surface area (Å²) in [5.41, 5.74) is 0.598. The first kappa shape index (κ1) is 9.23. The van der Waals surface area contributed by atoms with Crippen molar-refractivity contribution in [3.05, 3.63) is 36.3 Å². The number of benzene rings is 1. The molecule has 0 aliphatic carbocycles.